The first-order valence-electron chi connectivity index (χ1n) is 17.9. The van der Waals surface area contributed by atoms with E-state index in [9.17, 15) is 19.2 Å². The molecule has 11 heteroatoms. The fourth-order valence-electron chi connectivity index (χ4n) is 6.61. The summed E-state index contributed by atoms with van der Waals surface area (Å²) >= 11 is 0. The molecule has 4 aromatic rings. The number of unbranched alkanes of at least 4 members (excludes halogenated alkanes) is 1. The number of nitrogens with one attached hydrogen (secondary N) is 4. The van der Waals surface area contributed by atoms with Crippen molar-refractivity contribution in [2.45, 2.75) is 76.1 Å². The molecular weight excluding hydrogens is 644 g/mol. The Morgan fingerprint density at radius 2 is 1.53 bits per heavy atom. The van der Waals surface area contributed by atoms with Crippen LogP contribution in [0.5, 0.6) is 0 Å². The van der Waals surface area contributed by atoms with Crippen LogP contribution in [0, 0.1) is 0 Å². The van der Waals surface area contributed by atoms with Crippen molar-refractivity contribution in [2.24, 2.45) is 5.73 Å². The molecule has 51 heavy (non-hydrogen) atoms. The quantitative estimate of drug-likeness (QED) is 0.105. The number of likely N-dealkylation sites (tertiary alicyclic amines) is 1. The minimum absolute atomic E-state index is 0.0296. The number of fused-ring (bicyclic) bond motifs is 1. The Morgan fingerprint density at radius 1 is 0.863 bits per heavy atom. The van der Waals surface area contributed by atoms with Gasteiger partial charge in [-0.15, -0.1) is 0 Å². The molecule has 3 unspecified atom stereocenters. The summed E-state index contributed by atoms with van der Waals surface area (Å²) in [6, 6.07) is 25.0. The molecule has 0 spiro atoms. The number of amides is 4. The highest BCUT2D eigenvalue weighted by Crippen LogP contribution is 2.28. The number of aromatic nitrogens is 1. The van der Waals surface area contributed by atoms with Crippen molar-refractivity contribution in [1.82, 2.24) is 25.8 Å². The standard InChI is InChI=1S/C40H50N6O5/c1-28(47)42-21-11-10-18-36(44-38(48)34(41)27-51-26-29-12-4-2-5-13-29)39(49)45-37(24-32-25-43-35-17-9-8-16-33(32)35)40(50)46-22-19-31(20-23-46)30-14-6-3-7-15-30/h2-9,12-17,25,31,34,36-37,43H,10-11,18-24,26-27,41H2,1H3,(H,42,47)(H,44,48)(H,45,49). The maximum atomic E-state index is 14.2. The molecule has 4 amide bonds. The molecule has 0 saturated carbocycles. The summed E-state index contributed by atoms with van der Waals surface area (Å²) < 4.78 is 5.69. The summed E-state index contributed by atoms with van der Waals surface area (Å²) in [5.74, 6) is -0.896. The van der Waals surface area contributed by atoms with Crippen molar-refractivity contribution < 1.29 is 23.9 Å². The summed E-state index contributed by atoms with van der Waals surface area (Å²) in [5.41, 5.74) is 10.3. The summed E-state index contributed by atoms with van der Waals surface area (Å²) in [6.07, 6.45) is 5.29. The number of H-pyrrole nitrogens is 1. The zero-order valence-electron chi connectivity index (χ0n) is 29.3. The molecular formula is C40H50N6O5. The highest BCUT2D eigenvalue weighted by Gasteiger charge is 2.33. The van der Waals surface area contributed by atoms with Gasteiger partial charge in [0.1, 0.15) is 18.1 Å². The van der Waals surface area contributed by atoms with Gasteiger partial charge < -0.3 is 36.3 Å². The Morgan fingerprint density at radius 3 is 2.25 bits per heavy atom. The van der Waals surface area contributed by atoms with Crippen molar-refractivity contribution in [3.05, 3.63) is 108 Å². The average Bonchev–Trinajstić information content (AvgIpc) is 3.56. The zero-order chi connectivity index (χ0) is 36.0. The number of rotatable bonds is 17. The highest BCUT2D eigenvalue weighted by atomic mass is 16.5. The molecule has 0 aliphatic carbocycles. The first kappa shape index (κ1) is 37.3. The molecule has 11 nitrogen and oxygen atoms in total. The van der Waals surface area contributed by atoms with Crippen LogP contribution in [0.25, 0.3) is 10.9 Å². The number of hydrogen-bond donors (Lipinski definition) is 5. The van der Waals surface area contributed by atoms with Crippen molar-refractivity contribution >= 4 is 34.5 Å². The van der Waals surface area contributed by atoms with Crippen LogP contribution in [-0.4, -0.2) is 77.9 Å². The lowest BCUT2D eigenvalue weighted by atomic mass is 9.89. The second-order valence-corrected chi connectivity index (χ2v) is 13.3. The van der Waals surface area contributed by atoms with Gasteiger partial charge in [0, 0.05) is 50.1 Å². The van der Waals surface area contributed by atoms with Crippen LogP contribution in [0.1, 0.15) is 61.6 Å². The molecule has 0 radical (unpaired) electrons. The molecule has 5 rings (SSSR count). The zero-order valence-corrected chi connectivity index (χ0v) is 29.3. The molecule has 1 aliphatic rings. The molecule has 1 aliphatic heterocycles. The minimum Gasteiger partial charge on any atom is -0.375 e. The first-order chi connectivity index (χ1) is 24.8. The maximum absolute atomic E-state index is 14.2. The van der Waals surface area contributed by atoms with E-state index in [1.54, 1.807) is 0 Å². The number of ether oxygens (including phenoxy) is 1. The second-order valence-electron chi connectivity index (χ2n) is 13.3. The van der Waals surface area contributed by atoms with Gasteiger partial charge in [0.15, 0.2) is 0 Å². The number of hydrogen-bond acceptors (Lipinski definition) is 6. The lowest BCUT2D eigenvalue weighted by molar-refractivity contribution is -0.138. The van der Waals surface area contributed by atoms with E-state index in [2.05, 4.69) is 33.1 Å². The van der Waals surface area contributed by atoms with Crippen molar-refractivity contribution in [3.8, 4) is 0 Å². The summed E-state index contributed by atoms with van der Waals surface area (Å²) in [6.45, 7) is 3.34. The predicted octanol–water partition coefficient (Wildman–Crippen LogP) is 3.94. The number of carbonyl (C=O) groups excluding carboxylic acids is 4. The Balaban J connectivity index is 1.28. The van der Waals surface area contributed by atoms with Gasteiger partial charge in [-0.3, -0.25) is 19.2 Å². The van der Waals surface area contributed by atoms with Gasteiger partial charge in [-0.2, -0.15) is 0 Å². The summed E-state index contributed by atoms with van der Waals surface area (Å²) in [4.78, 5) is 58.0. The number of nitrogens with two attached hydrogens (primary N) is 1. The van der Waals surface area contributed by atoms with Crippen LogP contribution < -0.4 is 21.7 Å². The van der Waals surface area contributed by atoms with Crippen LogP contribution in [0.4, 0.5) is 0 Å². The monoisotopic (exact) mass is 694 g/mol. The molecule has 1 aromatic heterocycles. The summed E-state index contributed by atoms with van der Waals surface area (Å²) in [7, 11) is 0. The Kier molecular flexibility index (Phi) is 13.8. The molecule has 1 saturated heterocycles. The van der Waals surface area contributed by atoms with Crippen LogP contribution in [-0.2, 0) is 36.9 Å². The number of carbonyl (C=O) groups is 4. The third kappa shape index (κ3) is 11.0. The lowest BCUT2D eigenvalue weighted by Gasteiger charge is -2.35. The third-order valence-electron chi connectivity index (χ3n) is 9.46. The van der Waals surface area contributed by atoms with Gasteiger partial charge in [0.05, 0.1) is 13.2 Å². The minimum atomic E-state index is -1.00. The van der Waals surface area contributed by atoms with Crippen LogP contribution >= 0.6 is 0 Å². The largest absolute Gasteiger partial charge is 0.375 e. The maximum Gasteiger partial charge on any atom is 0.245 e. The van der Waals surface area contributed by atoms with E-state index in [4.69, 9.17) is 10.5 Å². The number of para-hydroxylation sites is 1. The van der Waals surface area contributed by atoms with E-state index in [0.717, 1.165) is 34.9 Å². The lowest BCUT2D eigenvalue weighted by Crippen LogP contribution is -2.57. The van der Waals surface area contributed by atoms with E-state index in [-0.39, 0.29) is 24.8 Å². The normalized spacial score (nSPS) is 15.1. The second kappa shape index (κ2) is 18.8. The van der Waals surface area contributed by atoms with E-state index in [1.807, 2.05) is 83.9 Å². The van der Waals surface area contributed by atoms with Crippen LogP contribution in [0.2, 0.25) is 0 Å². The number of aromatic amines is 1. The van der Waals surface area contributed by atoms with Gasteiger partial charge in [0.25, 0.3) is 0 Å². The number of benzene rings is 3. The van der Waals surface area contributed by atoms with Crippen LogP contribution in [0.3, 0.4) is 0 Å². The van der Waals surface area contributed by atoms with Gasteiger partial charge in [-0.05, 0) is 60.8 Å². The third-order valence-corrected chi connectivity index (χ3v) is 9.46. The Hall–Kier alpha value is -5.00. The molecule has 270 valence electrons. The van der Waals surface area contributed by atoms with E-state index in [0.29, 0.717) is 51.4 Å². The fourth-order valence-corrected chi connectivity index (χ4v) is 6.61. The average molecular weight is 695 g/mol. The Bertz CT molecular complexity index is 1720. The van der Waals surface area contributed by atoms with E-state index in [1.165, 1.54) is 12.5 Å². The van der Waals surface area contributed by atoms with Crippen LogP contribution in [0.15, 0.2) is 91.1 Å². The number of nitrogens with zero attached hydrogens (tertiary/aromatic N) is 1. The van der Waals surface area contributed by atoms with Gasteiger partial charge in [0.2, 0.25) is 23.6 Å². The SMILES string of the molecule is CC(=O)NCCCCC(NC(=O)C(N)COCc1ccccc1)C(=O)NC(Cc1c[nH]c2ccccc12)C(=O)N1CCC(c2ccccc2)CC1. The fraction of sp³-hybridized carbons (Fsp3) is 0.400. The smallest absolute Gasteiger partial charge is 0.245 e. The van der Waals surface area contributed by atoms with Crippen molar-refractivity contribution in [1.29, 1.82) is 0 Å². The van der Waals surface area contributed by atoms with Crippen molar-refractivity contribution in [3.63, 3.8) is 0 Å². The van der Waals surface area contributed by atoms with Gasteiger partial charge >= 0.3 is 0 Å². The highest BCUT2D eigenvalue weighted by molar-refractivity contribution is 5.94. The first-order valence-corrected chi connectivity index (χ1v) is 17.9. The molecule has 2 heterocycles. The molecule has 3 aromatic carbocycles. The van der Waals surface area contributed by atoms with Gasteiger partial charge in [-0.1, -0.05) is 78.9 Å². The van der Waals surface area contributed by atoms with Crippen molar-refractivity contribution in [2.75, 3.05) is 26.2 Å². The summed E-state index contributed by atoms with van der Waals surface area (Å²) in [5, 5.41) is 9.60. The predicted molar refractivity (Wildman–Crippen MR) is 197 cm³/mol. The topological polar surface area (TPSA) is 159 Å². The van der Waals surface area contributed by atoms with E-state index >= 15 is 0 Å². The molecule has 1 fully saturated rings. The van der Waals surface area contributed by atoms with Gasteiger partial charge in [-0.25, -0.2) is 0 Å². The molecule has 6 N–H and O–H groups in total. The molecule has 0 bridgehead atoms. The molecule has 3 atom stereocenters. The van der Waals surface area contributed by atoms with E-state index < -0.39 is 29.9 Å². The number of piperidine rings is 1. The Labute approximate surface area is 299 Å².